The maximum atomic E-state index is 13.7. The quantitative estimate of drug-likeness (QED) is 0.649. The predicted molar refractivity (Wildman–Crippen MR) is 78.0 cm³/mol. The summed E-state index contributed by atoms with van der Waals surface area (Å²) in [6.07, 6.45) is 0. The molecular formula is C15H14F2N2O3. The lowest BCUT2D eigenvalue weighted by molar-refractivity contribution is -0.384. The van der Waals surface area contributed by atoms with Gasteiger partial charge in [-0.1, -0.05) is 6.07 Å². The van der Waals surface area contributed by atoms with Crippen molar-refractivity contribution < 1.29 is 18.4 Å². The summed E-state index contributed by atoms with van der Waals surface area (Å²) in [4.78, 5) is 10.2. The molecule has 0 saturated heterocycles. The first-order valence-corrected chi connectivity index (χ1v) is 6.60. The molecule has 1 N–H and O–H groups in total. The van der Waals surface area contributed by atoms with E-state index in [2.05, 4.69) is 5.32 Å². The molecule has 0 amide bonds. The van der Waals surface area contributed by atoms with Crippen LogP contribution in [0, 0.1) is 21.7 Å². The molecular weight excluding hydrogens is 294 g/mol. The van der Waals surface area contributed by atoms with Crippen LogP contribution < -0.4 is 10.1 Å². The zero-order chi connectivity index (χ0) is 16.1. The molecule has 0 unspecified atom stereocenters. The summed E-state index contributed by atoms with van der Waals surface area (Å²) in [7, 11) is 0. The Balaban J connectivity index is 2.13. The molecule has 7 heteroatoms. The monoisotopic (exact) mass is 308 g/mol. The van der Waals surface area contributed by atoms with E-state index in [1.165, 1.54) is 18.2 Å². The van der Waals surface area contributed by atoms with Gasteiger partial charge in [0, 0.05) is 6.54 Å². The molecule has 2 aromatic rings. The first-order chi connectivity index (χ1) is 10.5. The van der Waals surface area contributed by atoms with Crippen molar-refractivity contribution in [1.82, 2.24) is 0 Å². The number of ether oxygens (including phenoxy) is 1. The highest BCUT2D eigenvalue weighted by Gasteiger charge is 2.14. The van der Waals surface area contributed by atoms with Crippen LogP contribution in [-0.4, -0.2) is 11.5 Å². The summed E-state index contributed by atoms with van der Waals surface area (Å²) in [5.41, 5.74) is 0.381. The highest BCUT2D eigenvalue weighted by Crippen LogP contribution is 2.26. The maximum absolute atomic E-state index is 13.7. The molecule has 0 aliphatic heterocycles. The van der Waals surface area contributed by atoms with Gasteiger partial charge >= 0.3 is 0 Å². The topological polar surface area (TPSA) is 64.4 Å². The Bertz CT molecular complexity index is 692. The third-order valence-electron chi connectivity index (χ3n) is 2.94. The van der Waals surface area contributed by atoms with Gasteiger partial charge in [-0.3, -0.25) is 10.1 Å². The van der Waals surface area contributed by atoms with E-state index in [-0.39, 0.29) is 23.7 Å². The van der Waals surface area contributed by atoms with Crippen molar-refractivity contribution in [2.45, 2.75) is 13.5 Å². The highest BCUT2D eigenvalue weighted by atomic mass is 19.1. The van der Waals surface area contributed by atoms with Crippen LogP contribution in [-0.2, 0) is 6.54 Å². The number of hydrogen-bond donors (Lipinski definition) is 1. The van der Waals surface area contributed by atoms with Crippen LogP contribution in [0.15, 0.2) is 36.4 Å². The number of anilines is 1. The average molecular weight is 308 g/mol. The fraction of sp³-hybridized carbons (Fsp3) is 0.200. The molecule has 0 saturated carbocycles. The number of hydrogen-bond acceptors (Lipinski definition) is 4. The number of rotatable bonds is 6. The molecule has 0 radical (unpaired) electrons. The summed E-state index contributed by atoms with van der Waals surface area (Å²) in [5, 5.41) is 13.7. The van der Waals surface area contributed by atoms with E-state index in [0.717, 1.165) is 12.1 Å². The molecule has 2 aromatic carbocycles. The Morgan fingerprint density at radius 2 is 2.00 bits per heavy atom. The van der Waals surface area contributed by atoms with Gasteiger partial charge < -0.3 is 10.1 Å². The van der Waals surface area contributed by atoms with Crippen molar-refractivity contribution in [3.05, 3.63) is 63.7 Å². The van der Waals surface area contributed by atoms with E-state index in [1.807, 2.05) is 0 Å². The van der Waals surface area contributed by atoms with Crippen molar-refractivity contribution in [1.29, 1.82) is 0 Å². The standard InChI is InChI=1S/C15H14F2N2O3/c1-2-22-15-6-3-10(7-12(15)17)9-18-13-5-4-11(16)8-14(13)19(20)21/h3-8,18H,2,9H2,1H3. The second-order valence-electron chi connectivity index (χ2n) is 4.47. The molecule has 22 heavy (non-hydrogen) atoms. The van der Waals surface area contributed by atoms with E-state index in [4.69, 9.17) is 4.74 Å². The number of nitro groups is 1. The van der Waals surface area contributed by atoms with Crippen LogP contribution in [0.2, 0.25) is 0 Å². The zero-order valence-electron chi connectivity index (χ0n) is 11.8. The lowest BCUT2D eigenvalue weighted by Gasteiger charge is -2.09. The summed E-state index contributed by atoms with van der Waals surface area (Å²) in [6, 6.07) is 7.66. The Labute approximate surface area is 125 Å². The van der Waals surface area contributed by atoms with Crippen LogP contribution in [0.4, 0.5) is 20.2 Å². The van der Waals surface area contributed by atoms with Gasteiger partial charge in [-0.05, 0) is 36.8 Å². The lowest BCUT2D eigenvalue weighted by Crippen LogP contribution is -2.04. The SMILES string of the molecule is CCOc1ccc(CNc2ccc(F)cc2[N+](=O)[O-])cc1F. The lowest BCUT2D eigenvalue weighted by atomic mass is 10.2. The average Bonchev–Trinajstić information content (AvgIpc) is 2.48. The fourth-order valence-electron chi connectivity index (χ4n) is 1.93. The summed E-state index contributed by atoms with van der Waals surface area (Å²) in [6.45, 7) is 2.27. The Morgan fingerprint density at radius 1 is 1.23 bits per heavy atom. The van der Waals surface area contributed by atoms with Crippen LogP contribution >= 0.6 is 0 Å². The molecule has 2 rings (SSSR count). The number of nitrogens with one attached hydrogen (secondary N) is 1. The van der Waals surface area contributed by atoms with Crippen LogP contribution in [0.5, 0.6) is 5.75 Å². The van der Waals surface area contributed by atoms with Gasteiger partial charge in [0.15, 0.2) is 11.6 Å². The highest BCUT2D eigenvalue weighted by molar-refractivity contribution is 5.61. The van der Waals surface area contributed by atoms with E-state index in [0.29, 0.717) is 12.2 Å². The number of halogens is 2. The molecule has 0 fully saturated rings. The first-order valence-electron chi connectivity index (χ1n) is 6.60. The number of benzene rings is 2. The molecule has 5 nitrogen and oxygen atoms in total. The van der Waals surface area contributed by atoms with Gasteiger partial charge in [0.05, 0.1) is 17.6 Å². The van der Waals surface area contributed by atoms with E-state index in [9.17, 15) is 18.9 Å². The molecule has 116 valence electrons. The normalized spacial score (nSPS) is 10.3. The molecule has 0 aromatic heterocycles. The minimum absolute atomic E-state index is 0.152. The zero-order valence-corrected chi connectivity index (χ0v) is 11.8. The van der Waals surface area contributed by atoms with E-state index < -0.39 is 16.6 Å². The smallest absolute Gasteiger partial charge is 0.295 e. The van der Waals surface area contributed by atoms with Crippen molar-refractivity contribution in [3.63, 3.8) is 0 Å². The predicted octanol–water partition coefficient (Wildman–Crippen LogP) is 3.88. The van der Waals surface area contributed by atoms with Crippen LogP contribution in [0.25, 0.3) is 0 Å². The van der Waals surface area contributed by atoms with Crippen molar-refractivity contribution >= 4 is 11.4 Å². The van der Waals surface area contributed by atoms with Gasteiger partial charge in [-0.25, -0.2) is 8.78 Å². The van der Waals surface area contributed by atoms with Crippen LogP contribution in [0.3, 0.4) is 0 Å². The van der Waals surface area contributed by atoms with Gasteiger partial charge in [-0.2, -0.15) is 0 Å². The van der Waals surface area contributed by atoms with Gasteiger partial charge in [0.1, 0.15) is 11.5 Å². The summed E-state index contributed by atoms with van der Waals surface area (Å²) in [5.74, 6) is -1.04. The van der Waals surface area contributed by atoms with Gasteiger partial charge in [0.25, 0.3) is 5.69 Å². The minimum atomic E-state index is -0.690. The number of nitrogens with zero attached hydrogens (tertiary/aromatic N) is 1. The number of nitro benzene ring substituents is 1. The summed E-state index contributed by atoms with van der Waals surface area (Å²) < 4.78 is 31.8. The molecule has 0 atom stereocenters. The van der Waals surface area contributed by atoms with Crippen LogP contribution in [0.1, 0.15) is 12.5 Å². The molecule has 0 spiro atoms. The molecule has 0 aliphatic carbocycles. The second kappa shape index (κ2) is 6.84. The second-order valence-corrected chi connectivity index (χ2v) is 4.47. The van der Waals surface area contributed by atoms with E-state index in [1.54, 1.807) is 13.0 Å². The van der Waals surface area contributed by atoms with Crippen molar-refractivity contribution in [2.75, 3.05) is 11.9 Å². The maximum Gasteiger partial charge on any atom is 0.295 e. The third kappa shape index (κ3) is 3.69. The van der Waals surface area contributed by atoms with Gasteiger partial charge in [-0.15, -0.1) is 0 Å². The largest absolute Gasteiger partial charge is 0.491 e. The molecule has 0 heterocycles. The Hall–Kier alpha value is -2.70. The molecule has 0 bridgehead atoms. The first kappa shape index (κ1) is 15.7. The van der Waals surface area contributed by atoms with Gasteiger partial charge in [0.2, 0.25) is 0 Å². The fourth-order valence-corrected chi connectivity index (χ4v) is 1.93. The minimum Gasteiger partial charge on any atom is -0.491 e. The van der Waals surface area contributed by atoms with Crippen molar-refractivity contribution in [3.8, 4) is 5.75 Å². The Morgan fingerprint density at radius 3 is 2.64 bits per heavy atom. The van der Waals surface area contributed by atoms with Crippen molar-refractivity contribution in [2.24, 2.45) is 0 Å². The summed E-state index contributed by atoms with van der Waals surface area (Å²) >= 11 is 0. The molecule has 0 aliphatic rings. The Kier molecular flexibility index (Phi) is 4.88. The van der Waals surface area contributed by atoms with E-state index >= 15 is 0 Å². The third-order valence-corrected chi connectivity index (χ3v) is 2.94.